The number of allylic oxidation sites excluding steroid dienone is 2. The largest absolute Gasteiger partial charge is 0.507 e. The van der Waals surface area contributed by atoms with E-state index in [0.717, 1.165) is 6.08 Å². The van der Waals surface area contributed by atoms with E-state index in [1.165, 1.54) is 19.3 Å². The van der Waals surface area contributed by atoms with Crippen molar-refractivity contribution in [3.05, 3.63) is 34.9 Å². The molecule has 0 aromatic heterocycles. The predicted octanol–water partition coefficient (Wildman–Crippen LogP) is 1.64. The van der Waals surface area contributed by atoms with Crippen molar-refractivity contribution in [2.24, 2.45) is 0 Å². The molecule has 82 valence electrons. The van der Waals surface area contributed by atoms with Crippen molar-refractivity contribution in [1.29, 1.82) is 0 Å². The molecule has 0 heterocycles. The number of hydrogen-bond donors (Lipinski definition) is 1. The monoisotopic (exact) mass is 218 g/mol. The van der Waals surface area contributed by atoms with Gasteiger partial charge in [0.2, 0.25) is 0 Å². The highest BCUT2D eigenvalue weighted by Gasteiger charge is 2.26. The minimum absolute atomic E-state index is 0.0609. The molecule has 1 N–H and O–H groups in total. The van der Waals surface area contributed by atoms with Gasteiger partial charge in [0, 0.05) is 17.2 Å². The van der Waals surface area contributed by atoms with E-state index < -0.39 is 0 Å². The average molecular weight is 218 g/mol. The molecule has 0 aliphatic heterocycles. The number of carbonyl (C=O) groups is 2. The maximum Gasteiger partial charge on any atom is 0.190 e. The van der Waals surface area contributed by atoms with Gasteiger partial charge in [-0.3, -0.25) is 9.59 Å². The van der Waals surface area contributed by atoms with E-state index in [-0.39, 0.29) is 28.4 Å². The van der Waals surface area contributed by atoms with Crippen LogP contribution in [0.1, 0.15) is 26.3 Å². The van der Waals surface area contributed by atoms with Crippen LogP contribution in [0.4, 0.5) is 0 Å². The van der Waals surface area contributed by atoms with E-state index >= 15 is 0 Å². The van der Waals surface area contributed by atoms with Crippen LogP contribution in [0.2, 0.25) is 0 Å². The lowest BCUT2D eigenvalue weighted by Crippen LogP contribution is -2.14. The van der Waals surface area contributed by atoms with Gasteiger partial charge in [0.25, 0.3) is 0 Å². The molecular weight excluding hydrogens is 208 g/mol. The maximum absolute atomic E-state index is 11.7. The van der Waals surface area contributed by atoms with Crippen LogP contribution in [0.3, 0.4) is 0 Å². The van der Waals surface area contributed by atoms with Crippen LogP contribution in [0.25, 0.3) is 0 Å². The van der Waals surface area contributed by atoms with E-state index in [4.69, 9.17) is 4.74 Å². The Kier molecular flexibility index (Phi) is 2.27. The average Bonchev–Trinajstić information content (AvgIpc) is 2.26. The zero-order valence-corrected chi connectivity index (χ0v) is 8.90. The van der Waals surface area contributed by atoms with Gasteiger partial charge in [-0.2, -0.15) is 0 Å². The standard InChI is InChI=1S/C12H10O4/c1-6-10(16-2)5-9(15)12-8(14)4-3-7(13)11(6)12/h3-5,15H,1-2H3. The molecule has 4 heteroatoms. The van der Waals surface area contributed by atoms with Gasteiger partial charge >= 0.3 is 0 Å². The SMILES string of the molecule is COc1cc(O)c2c(c1C)C(=O)C=CC2=O. The van der Waals surface area contributed by atoms with Crippen molar-refractivity contribution in [3.8, 4) is 11.5 Å². The maximum atomic E-state index is 11.7. The molecule has 0 saturated carbocycles. The second-order valence-corrected chi connectivity index (χ2v) is 3.53. The van der Waals surface area contributed by atoms with Gasteiger partial charge in [-0.1, -0.05) is 0 Å². The summed E-state index contributed by atoms with van der Waals surface area (Å²) in [6.07, 6.45) is 2.37. The quantitative estimate of drug-likeness (QED) is 0.778. The molecule has 1 aliphatic rings. The summed E-state index contributed by atoms with van der Waals surface area (Å²) in [6.45, 7) is 1.68. The Morgan fingerprint density at radius 3 is 2.25 bits per heavy atom. The number of carbonyl (C=O) groups excluding carboxylic acids is 2. The molecule has 0 unspecified atom stereocenters. The first-order valence-corrected chi connectivity index (χ1v) is 4.73. The van der Waals surface area contributed by atoms with E-state index in [2.05, 4.69) is 0 Å². The molecule has 0 saturated heterocycles. The van der Waals surface area contributed by atoms with Crippen LogP contribution in [0.5, 0.6) is 11.5 Å². The number of ketones is 2. The fourth-order valence-corrected chi connectivity index (χ4v) is 1.83. The molecule has 0 fully saturated rings. The van der Waals surface area contributed by atoms with Crippen LogP contribution < -0.4 is 4.74 Å². The minimum atomic E-state index is -0.363. The Hall–Kier alpha value is -2.10. The highest BCUT2D eigenvalue weighted by molar-refractivity contribution is 6.24. The Morgan fingerprint density at radius 2 is 1.69 bits per heavy atom. The summed E-state index contributed by atoms with van der Waals surface area (Å²) in [5, 5.41) is 9.69. The van der Waals surface area contributed by atoms with Crippen molar-refractivity contribution in [3.63, 3.8) is 0 Å². The fraction of sp³-hybridized carbons (Fsp3) is 0.167. The van der Waals surface area contributed by atoms with Crippen LogP contribution >= 0.6 is 0 Å². The smallest absolute Gasteiger partial charge is 0.190 e. The van der Waals surface area contributed by atoms with Crippen molar-refractivity contribution < 1.29 is 19.4 Å². The highest BCUT2D eigenvalue weighted by Crippen LogP contribution is 2.35. The summed E-state index contributed by atoms with van der Waals surface area (Å²) >= 11 is 0. The molecule has 1 aliphatic carbocycles. The Balaban J connectivity index is 2.82. The summed E-state index contributed by atoms with van der Waals surface area (Å²) in [7, 11) is 1.44. The third-order valence-corrected chi connectivity index (χ3v) is 2.62. The number of methoxy groups -OCH3 is 1. The van der Waals surface area contributed by atoms with Crippen molar-refractivity contribution in [1.82, 2.24) is 0 Å². The molecule has 0 bridgehead atoms. The van der Waals surface area contributed by atoms with Crippen LogP contribution in [0.15, 0.2) is 18.2 Å². The van der Waals surface area contributed by atoms with E-state index in [1.54, 1.807) is 6.92 Å². The Morgan fingerprint density at radius 1 is 1.12 bits per heavy atom. The first-order valence-electron chi connectivity index (χ1n) is 4.73. The predicted molar refractivity (Wildman–Crippen MR) is 57.2 cm³/mol. The summed E-state index contributed by atoms with van der Waals surface area (Å²) in [4.78, 5) is 23.2. The lowest BCUT2D eigenvalue weighted by molar-refractivity contribution is 0.0990. The first kappa shape index (κ1) is 10.4. The molecule has 2 rings (SSSR count). The van der Waals surface area contributed by atoms with E-state index in [9.17, 15) is 14.7 Å². The number of phenols is 1. The number of hydrogen-bond acceptors (Lipinski definition) is 4. The molecule has 0 atom stereocenters. The van der Waals surface area contributed by atoms with Crippen LogP contribution in [0, 0.1) is 6.92 Å². The molecule has 0 radical (unpaired) electrons. The lowest BCUT2D eigenvalue weighted by atomic mass is 9.90. The highest BCUT2D eigenvalue weighted by atomic mass is 16.5. The molecule has 1 aromatic rings. The summed E-state index contributed by atoms with van der Waals surface area (Å²) < 4.78 is 5.03. The molecule has 4 nitrogen and oxygen atoms in total. The Bertz CT molecular complexity index is 526. The van der Waals surface area contributed by atoms with Crippen molar-refractivity contribution in [2.45, 2.75) is 6.92 Å². The zero-order chi connectivity index (χ0) is 11.9. The molecule has 0 spiro atoms. The number of ether oxygens (including phenoxy) is 1. The van der Waals surface area contributed by atoms with Crippen LogP contribution in [-0.2, 0) is 0 Å². The van der Waals surface area contributed by atoms with Gasteiger partial charge in [-0.05, 0) is 19.1 Å². The number of phenolic OH excluding ortho intramolecular Hbond substituents is 1. The third kappa shape index (κ3) is 1.31. The second-order valence-electron chi connectivity index (χ2n) is 3.53. The summed E-state index contributed by atoms with van der Waals surface area (Å²) in [6, 6.07) is 1.35. The molecule has 0 amide bonds. The van der Waals surface area contributed by atoms with E-state index in [1.807, 2.05) is 0 Å². The van der Waals surface area contributed by atoms with Gasteiger partial charge in [0.15, 0.2) is 11.6 Å². The summed E-state index contributed by atoms with van der Waals surface area (Å²) in [5.74, 6) is -0.480. The molecule has 1 aromatic carbocycles. The van der Waals surface area contributed by atoms with Crippen molar-refractivity contribution >= 4 is 11.6 Å². The summed E-state index contributed by atoms with van der Waals surface area (Å²) in [5.41, 5.74) is 0.855. The van der Waals surface area contributed by atoms with Gasteiger partial charge in [0.1, 0.15) is 11.5 Å². The zero-order valence-electron chi connectivity index (χ0n) is 8.90. The van der Waals surface area contributed by atoms with Crippen LogP contribution in [-0.4, -0.2) is 23.8 Å². The number of rotatable bonds is 1. The van der Waals surface area contributed by atoms with Gasteiger partial charge in [-0.25, -0.2) is 0 Å². The third-order valence-electron chi connectivity index (χ3n) is 2.62. The van der Waals surface area contributed by atoms with Crippen molar-refractivity contribution in [2.75, 3.05) is 7.11 Å². The molecular formula is C12H10O4. The number of benzene rings is 1. The van der Waals surface area contributed by atoms with Gasteiger partial charge in [0.05, 0.1) is 12.7 Å². The van der Waals surface area contributed by atoms with Gasteiger partial charge in [-0.15, -0.1) is 0 Å². The number of fused-ring (bicyclic) bond motifs is 1. The van der Waals surface area contributed by atoms with Gasteiger partial charge < -0.3 is 9.84 Å². The Labute approximate surface area is 92.2 Å². The fourth-order valence-electron chi connectivity index (χ4n) is 1.83. The first-order chi connectivity index (χ1) is 7.56. The normalized spacial score (nSPS) is 13.9. The van der Waals surface area contributed by atoms with E-state index in [0.29, 0.717) is 11.3 Å². The second kappa shape index (κ2) is 3.48. The number of aromatic hydroxyl groups is 1. The minimum Gasteiger partial charge on any atom is -0.507 e. The topological polar surface area (TPSA) is 63.6 Å². The lowest BCUT2D eigenvalue weighted by Gasteiger charge is -2.16. The molecule has 16 heavy (non-hydrogen) atoms.